The summed E-state index contributed by atoms with van der Waals surface area (Å²) in [4.78, 5) is 13.5. The van der Waals surface area contributed by atoms with Gasteiger partial charge in [-0.2, -0.15) is 0 Å². The Labute approximate surface area is 118 Å². The van der Waals surface area contributed by atoms with E-state index in [9.17, 15) is 9.18 Å². The molecule has 0 spiro atoms. The molecule has 1 amide bonds. The van der Waals surface area contributed by atoms with Crippen LogP contribution in [0.2, 0.25) is 0 Å². The quantitative estimate of drug-likeness (QED) is 0.835. The highest BCUT2D eigenvalue weighted by atomic mass is 19.1. The zero-order valence-corrected chi connectivity index (χ0v) is 12.1. The third-order valence-corrected chi connectivity index (χ3v) is 2.90. The van der Waals surface area contributed by atoms with Crippen LogP contribution in [0.1, 0.15) is 27.2 Å². The Morgan fingerprint density at radius 1 is 1.40 bits per heavy atom. The molecule has 1 aliphatic heterocycles. The number of rotatable bonds is 2. The first kappa shape index (κ1) is 14.6. The van der Waals surface area contributed by atoms with Crippen LogP contribution in [0.5, 0.6) is 5.75 Å². The molecule has 0 aromatic heterocycles. The van der Waals surface area contributed by atoms with Crippen LogP contribution in [-0.2, 0) is 4.74 Å². The summed E-state index contributed by atoms with van der Waals surface area (Å²) in [6, 6.07) is 6.02. The van der Waals surface area contributed by atoms with Gasteiger partial charge in [-0.3, -0.25) is 0 Å². The summed E-state index contributed by atoms with van der Waals surface area (Å²) < 4.78 is 24.1. The number of halogens is 1. The van der Waals surface area contributed by atoms with Gasteiger partial charge in [0.05, 0.1) is 6.54 Å². The Morgan fingerprint density at radius 3 is 2.80 bits per heavy atom. The zero-order valence-electron chi connectivity index (χ0n) is 12.1. The average Bonchev–Trinajstić information content (AvgIpc) is 2.75. The molecule has 0 N–H and O–H groups in total. The van der Waals surface area contributed by atoms with Crippen molar-refractivity contribution in [2.24, 2.45) is 0 Å². The molecule has 1 heterocycles. The monoisotopic (exact) mass is 281 g/mol. The highest BCUT2D eigenvalue weighted by molar-refractivity contribution is 5.68. The van der Waals surface area contributed by atoms with Gasteiger partial charge in [0.25, 0.3) is 0 Å². The van der Waals surface area contributed by atoms with Gasteiger partial charge >= 0.3 is 6.09 Å². The fourth-order valence-corrected chi connectivity index (χ4v) is 2.05. The van der Waals surface area contributed by atoms with Crippen molar-refractivity contribution in [2.75, 3.05) is 13.1 Å². The van der Waals surface area contributed by atoms with E-state index in [0.717, 1.165) is 6.42 Å². The lowest BCUT2D eigenvalue weighted by atomic mass is 10.2. The molecule has 20 heavy (non-hydrogen) atoms. The van der Waals surface area contributed by atoms with E-state index in [1.807, 2.05) is 20.8 Å². The molecule has 1 atom stereocenters. The number of nitrogens with zero attached hydrogens (tertiary/aromatic N) is 1. The van der Waals surface area contributed by atoms with Crippen molar-refractivity contribution in [2.45, 2.75) is 38.9 Å². The van der Waals surface area contributed by atoms with Crippen LogP contribution in [-0.4, -0.2) is 35.8 Å². The van der Waals surface area contributed by atoms with E-state index in [1.54, 1.807) is 17.0 Å². The molecule has 0 unspecified atom stereocenters. The number of likely N-dealkylation sites (tertiary alicyclic amines) is 1. The molecule has 2 rings (SSSR count). The van der Waals surface area contributed by atoms with Crippen LogP contribution in [0.15, 0.2) is 24.3 Å². The van der Waals surface area contributed by atoms with Gasteiger partial charge in [-0.1, -0.05) is 6.07 Å². The second kappa shape index (κ2) is 5.69. The maximum Gasteiger partial charge on any atom is 0.410 e. The molecular weight excluding hydrogens is 261 g/mol. The van der Waals surface area contributed by atoms with Gasteiger partial charge in [0.15, 0.2) is 0 Å². The largest absolute Gasteiger partial charge is 0.488 e. The lowest BCUT2D eigenvalue weighted by molar-refractivity contribution is 0.0275. The highest BCUT2D eigenvalue weighted by Crippen LogP contribution is 2.20. The van der Waals surface area contributed by atoms with Crippen LogP contribution in [0.25, 0.3) is 0 Å². The van der Waals surface area contributed by atoms with E-state index in [-0.39, 0.29) is 18.0 Å². The summed E-state index contributed by atoms with van der Waals surface area (Å²) in [6.45, 7) is 6.56. The Balaban J connectivity index is 1.88. The maximum absolute atomic E-state index is 13.1. The van der Waals surface area contributed by atoms with Gasteiger partial charge in [0, 0.05) is 19.0 Å². The maximum atomic E-state index is 13.1. The average molecular weight is 281 g/mol. The lowest BCUT2D eigenvalue weighted by Gasteiger charge is -2.24. The highest BCUT2D eigenvalue weighted by Gasteiger charge is 2.30. The smallest absolute Gasteiger partial charge is 0.410 e. The number of hydrogen-bond acceptors (Lipinski definition) is 3. The predicted molar refractivity (Wildman–Crippen MR) is 73.2 cm³/mol. The summed E-state index contributed by atoms with van der Waals surface area (Å²) in [5.41, 5.74) is -0.501. The first-order valence-electron chi connectivity index (χ1n) is 6.74. The standard InChI is InChI=1S/C15H20FNO3/c1-15(2,3)20-14(18)17-8-7-13(10-17)19-12-6-4-5-11(16)9-12/h4-6,9,13H,7-8,10H2,1-3H3/t13-/m1/s1. The fourth-order valence-electron chi connectivity index (χ4n) is 2.05. The van der Waals surface area contributed by atoms with E-state index in [2.05, 4.69) is 0 Å². The number of carbonyl (C=O) groups excluding carboxylic acids is 1. The van der Waals surface area contributed by atoms with E-state index < -0.39 is 5.60 Å². The molecule has 1 saturated heterocycles. The topological polar surface area (TPSA) is 38.8 Å². The summed E-state index contributed by atoms with van der Waals surface area (Å²) >= 11 is 0. The van der Waals surface area contributed by atoms with Crippen molar-refractivity contribution in [3.63, 3.8) is 0 Å². The van der Waals surface area contributed by atoms with Crippen molar-refractivity contribution in [1.29, 1.82) is 0 Å². The van der Waals surface area contributed by atoms with Crippen molar-refractivity contribution < 1.29 is 18.7 Å². The van der Waals surface area contributed by atoms with Gasteiger partial charge in [0.2, 0.25) is 0 Å². The van der Waals surface area contributed by atoms with Gasteiger partial charge in [-0.25, -0.2) is 9.18 Å². The first-order valence-corrected chi connectivity index (χ1v) is 6.74. The molecule has 0 radical (unpaired) electrons. The van der Waals surface area contributed by atoms with Gasteiger partial charge < -0.3 is 14.4 Å². The van der Waals surface area contributed by atoms with E-state index in [0.29, 0.717) is 18.8 Å². The molecule has 1 fully saturated rings. The third-order valence-electron chi connectivity index (χ3n) is 2.90. The zero-order chi connectivity index (χ0) is 14.8. The third kappa shape index (κ3) is 4.11. The Morgan fingerprint density at radius 2 is 2.15 bits per heavy atom. The summed E-state index contributed by atoms with van der Waals surface area (Å²) in [5.74, 6) is 0.158. The number of hydrogen-bond donors (Lipinski definition) is 0. The van der Waals surface area contributed by atoms with E-state index in [1.165, 1.54) is 12.1 Å². The van der Waals surface area contributed by atoms with Gasteiger partial charge in [0.1, 0.15) is 23.3 Å². The van der Waals surface area contributed by atoms with Crippen LogP contribution < -0.4 is 4.74 Å². The molecule has 0 saturated carbocycles. The van der Waals surface area contributed by atoms with Gasteiger partial charge in [-0.15, -0.1) is 0 Å². The van der Waals surface area contributed by atoms with Crippen molar-refractivity contribution in [3.8, 4) is 5.75 Å². The van der Waals surface area contributed by atoms with Crippen molar-refractivity contribution in [3.05, 3.63) is 30.1 Å². The minimum absolute atomic E-state index is 0.121. The molecule has 5 heteroatoms. The van der Waals surface area contributed by atoms with Gasteiger partial charge in [-0.05, 0) is 32.9 Å². The van der Waals surface area contributed by atoms with Crippen molar-refractivity contribution >= 4 is 6.09 Å². The van der Waals surface area contributed by atoms with E-state index in [4.69, 9.17) is 9.47 Å². The molecular formula is C15H20FNO3. The molecule has 1 aliphatic rings. The number of carbonyl (C=O) groups is 1. The molecule has 110 valence electrons. The number of benzene rings is 1. The molecule has 1 aromatic rings. The molecule has 1 aromatic carbocycles. The second-order valence-electron chi connectivity index (χ2n) is 5.91. The van der Waals surface area contributed by atoms with Crippen LogP contribution in [0, 0.1) is 5.82 Å². The Hall–Kier alpha value is -1.78. The second-order valence-corrected chi connectivity index (χ2v) is 5.91. The Kier molecular flexibility index (Phi) is 4.16. The van der Waals surface area contributed by atoms with E-state index >= 15 is 0 Å². The van der Waals surface area contributed by atoms with Crippen LogP contribution in [0.4, 0.5) is 9.18 Å². The Bertz CT molecular complexity index is 484. The summed E-state index contributed by atoms with van der Waals surface area (Å²) in [6.07, 6.45) is 0.266. The fraction of sp³-hybridized carbons (Fsp3) is 0.533. The summed E-state index contributed by atoms with van der Waals surface area (Å²) in [7, 11) is 0. The minimum Gasteiger partial charge on any atom is -0.488 e. The molecule has 0 bridgehead atoms. The molecule has 0 aliphatic carbocycles. The molecule has 4 nitrogen and oxygen atoms in total. The lowest BCUT2D eigenvalue weighted by Crippen LogP contribution is -2.36. The van der Waals surface area contributed by atoms with Crippen LogP contribution >= 0.6 is 0 Å². The minimum atomic E-state index is -0.501. The number of amides is 1. The predicted octanol–water partition coefficient (Wildman–Crippen LogP) is 3.21. The first-order chi connectivity index (χ1) is 9.33. The normalized spacial score (nSPS) is 19.0. The van der Waals surface area contributed by atoms with Crippen molar-refractivity contribution in [1.82, 2.24) is 4.90 Å². The van der Waals surface area contributed by atoms with Crippen LogP contribution in [0.3, 0.4) is 0 Å². The summed E-state index contributed by atoms with van der Waals surface area (Å²) in [5, 5.41) is 0. The number of ether oxygens (including phenoxy) is 2. The SMILES string of the molecule is CC(C)(C)OC(=O)N1CC[C@@H](Oc2cccc(F)c2)C1.